The number of ether oxygens (including phenoxy) is 1. The normalized spacial score (nSPS) is 12.7. The SMILES string of the molecule is Cc1ccn2nc([C@H](C)Nc3ncnc4c3c(-c3cc(NS(C)(=O)=O)cc(C(=O)N(C)C)c3)cn4COCC[Si](C)(C)C)n(-c3ccccc3)c(=O)c12. The third kappa shape index (κ3) is 8.19. The summed E-state index contributed by atoms with van der Waals surface area (Å²) in [6, 6.07) is 16.5. The quantitative estimate of drug-likeness (QED) is 0.110. The second kappa shape index (κ2) is 14.6. The van der Waals surface area contributed by atoms with Gasteiger partial charge in [-0.25, -0.2) is 22.9 Å². The van der Waals surface area contributed by atoms with Crippen molar-refractivity contribution >= 4 is 52.1 Å². The third-order valence-corrected chi connectivity index (χ3v) is 11.1. The highest BCUT2D eigenvalue weighted by atomic mass is 32.2. The minimum Gasteiger partial charge on any atom is -0.361 e. The molecule has 6 rings (SSSR count). The van der Waals surface area contributed by atoms with Crippen LogP contribution >= 0.6 is 0 Å². The average molecular weight is 756 g/mol. The van der Waals surface area contributed by atoms with Crippen molar-refractivity contribution in [1.29, 1.82) is 0 Å². The molecule has 0 bridgehead atoms. The van der Waals surface area contributed by atoms with Gasteiger partial charge in [0.05, 0.1) is 23.4 Å². The summed E-state index contributed by atoms with van der Waals surface area (Å²) in [6.07, 6.45) is 6.16. The smallest absolute Gasteiger partial charge is 0.282 e. The molecule has 278 valence electrons. The van der Waals surface area contributed by atoms with Crippen molar-refractivity contribution in [1.82, 2.24) is 33.6 Å². The van der Waals surface area contributed by atoms with Gasteiger partial charge in [-0.15, -0.1) is 0 Å². The number of anilines is 2. The number of hydrogen-bond donors (Lipinski definition) is 2. The number of carbonyl (C=O) groups is 1. The number of fused-ring (bicyclic) bond motifs is 2. The Hall–Kier alpha value is -5.32. The summed E-state index contributed by atoms with van der Waals surface area (Å²) >= 11 is 0. The average Bonchev–Trinajstić information content (AvgIpc) is 3.66. The van der Waals surface area contributed by atoms with Gasteiger partial charge in [-0.05, 0) is 67.4 Å². The van der Waals surface area contributed by atoms with Crippen LogP contribution in [0.25, 0.3) is 33.4 Å². The lowest BCUT2D eigenvalue weighted by molar-refractivity contribution is 0.0827. The number of hydrogen-bond acceptors (Lipinski definition) is 9. The van der Waals surface area contributed by atoms with Crippen LogP contribution in [-0.4, -0.2) is 83.0 Å². The minimum absolute atomic E-state index is 0.205. The van der Waals surface area contributed by atoms with Crippen molar-refractivity contribution in [2.75, 3.05) is 37.0 Å². The molecular formula is C37H45N9O5SSi. The zero-order valence-corrected chi connectivity index (χ0v) is 33.0. The number of nitrogens with one attached hydrogen (secondary N) is 2. The molecule has 0 fully saturated rings. The predicted octanol–water partition coefficient (Wildman–Crippen LogP) is 5.76. The molecule has 4 heterocycles. The van der Waals surface area contributed by atoms with Gasteiger partial charge in [-0.3, -0.25) is 18.9 Å². The Labute approximate surface area is 309 Å². The molecule has 53 heavy (non-hydrogen) atoms. The first-order chi connectivity index (χ1) is 25.0. The number of para-hydroxylation sites is 1. The van der Waals surface area contributed by atoms with Crippen LogP contribution in [0.3, 0.4) is 0 Å². The van der Waals surface area contributed by atoms with Crippen LogP contribution in [0.5, 0.6) is 0 Å². The van der Waals surface area contributed by atoms with E-state index in [0.29, 0.717) is 51.6 Å². The fraction of sp³-hybridized carbons (Fsp3) is 0.324. The number of aromatic nitrogens is 6. The summed E-state index contributed by atoms with van der Waals surface area (Å²) in [5.41, 5.74) is 4.03. The van der Waals surface area contributed by atoms with Crippen molar-refractivity contribution in [3.05, 3.63) is 101 Å². The molecule has 2 N–H and O–H groups in total. The van der Waals surface area contributed by atoms with Crippen LogP contribution < -0.4 is 15.6 Å². The Kier molecular flexibility index (Phi) is 10.3. The van der Waals surface area contributed by atoms with E-state index in [1.54, 1.807) is 41.5 Å². The lowest BCUT2D eigenvalue weighted by Gasteiger charge is -2.20. The maximum atomic E-state index is 14.1. The summed E-state index contributed by atoms with van der Waals surface area (Å²) in [5.74, 6) is 0.591. The van der Waals surface area contributed by atoms with Gasteiger partial charge in [0.2, 0.25) is 10.0 Å². The standard InChI is InChI=1S/C37H45N9O5SSi/c1-24-14-15-45-32(24)37(48)46(29-12-10-9-11-13-29)34(41-45)25(2)40-33-31-30(21-44(35(31)39-22-38-33)23-51-16-17-53(6,7)8)26-18-27(36(47)43(3)4)20-28(19-26)42-52(5,49)50/h9-15,18-22,25,42H,16-17,23H2,1-8H3,(H,38,39,40)/t25-/m0/s1. The first-order valence-electron chi connectivity index (χ1n) is 17.2. The largest absolute Gasteiger partial charge is 0.361 e. The molecule has 0 aliphatic heterocycles. The number of carbonyl (C=O) groups excluding carboxylic acids is 1. The molecule has 1 amide bonds. The zero-order valence-electron chi connectivity index (χ0n) is 31.2. The summed E-state index contributed by atoms with van der Waals surface area (Å²) in [5, 5.41) is 9.02. The Morgan fingerprint density at radius 1 is 1.06 bits per heavy atom. The molecule has 6 aromatic rings. The van der Waals surface area contributed by atoms with E-state index in [9.17, 15) is 18.0 Å². The molecule has 0 aliphatic carbocycles. The molecule has 0 unspecified atom stereocenters. The molecule has 14 nitrogen and oxygen atoms in total. The maximum Gasteiger partial charge on any atom is 0.282 e. The van der Waals surface area contributed by atoms with Crippen molar-refractivity contribution in [3.8, 4) is 16.8 Å². The van der Waals surface area contributed by atoms with E-state index < -0.39 is 24.1 Å². The van der Waals surface area contributed by atoms with Gasteiger partial charge in [-0.1, -0.05) is 37.8 Å². The van der Waals surface area contributed by atoms with Crippen molar-refractivity contribution in [3.63, 3.8) is 0 Å². The van der Waals surface area contributed by atoms with Gasteiger partial charge < -0.3 is 19.5 Å². The van der Waals surface area contributed by atoms with Gasteiger partial charge in [-0.2, -0.15) is 5.10 Å². The Bertz CT molecular complexity index is 2490. The van der Waals surface area contributed by atoms with Gasteiger partial charge in [0, 0.05) is 58.0 Å². The van der Waals surface area contributed by atoms with E-state index in [1.807, 2.05) is 61.0 Å². The van der Waals surface area contributed by atoms with Crippen LogP contribution in [-0.2, 0) is 21.5 Å². The third-order valence-electron chi connectivity index (χ3n) is 8.75. The fourth-order valence-electron chi connectivity index (χ4n) is 6.14. The van der Waals surface area contributed by atoms with Crippen molar-refractivity contribution < 1.29 is 17.9 Å². The van der Waals surface area contributed by atoms with Crippen LogP contribution in [0.4, 0.5) is 11.5 Å². The Morgan fingerprint density at radius 2 is 1.79 bits per heavy atom. The highest BCUT2D eigenvalue weighted by Gasteiger charge is 2.24. The summed E-state index contributed by atoms with van der Waals surface area (Å²) in [4.78, 5) is 38.1. The number of sulfonamides is 1. The second-order valence-electron chi connectivity index (χ2n) is 14.6. The summed E-state index contributed by atoms with van der Waals surface area (Å²) in [7, 11) is -1.76. The van der Waals surface area contributed by atoms with Crippen LogP contribution in [0, 0.1) is 6.92 Å². The number of rotatable bonds is 13. The molecule has 0 spiro atoms. The molecular weight excluding hydrogens is 711 g/mol. The van der Waals surface area contributed by atoms with Crippen LogP contribution in [0.15, 0.2) is 78.1 Å². The van der Waals surface area contributed by atoms with Crippen molar-refractivity contribution in [2.45, 2.75) is 52.3 Å². The van der Waals surface area contributed by atoms with E-state index in [4.69, 9.17) is 9.84 Å². The predicted molar refractivity (Wildman–Crippen MR) is 211 cm³/mol. The maximum absolute atomic E-state index is 14.1. The monoisotopic (exact) mass is 755 g/mol. The summed E-state index contributed by atoms with van der Waals surface area (Å²) < 4.78 is 38.5. The van der Waals surface area contributed by atoms with E-state index in [-0.39, 0.29) is 29.4 Å². The molecule has 0 radical (unpaired) electrons. The molecule has 16 heteroatoms. The molecule has 0 saturated heterocycles. The number of amides is 1. The lowest BCUT2D eigenvalue weighted by Crippen LogP contribution is -2.29. The topological polar surface area (TPSA) is 158 Å². The molecule has 4 aromatic heterocycles. The first kappa shape index (κ1) is 37.4. The zero-order chi connectivity index (χ0) is 38.2. The lowest BCUT2D eigenvalue weighted by atomic mass is 10.0. The molecule has 0 saturated carbocycles. The van der Waals surface area contributed by atoms with Crippen LogP contribution in [0.2, 0.25) is 25.7 Å². The van der Waals surface area contributed by atoms with E-state index >= 15 is 0 Å². The Balaban J connectivity index is 1.52. The summed E-state index contributed by atoms with van der Waals surface area (Å²) in [6.45, 7) is 11.4. The highest BCUT2D eigenvalue weighted by molar-refractivity contribution is 7.92. The number of aryl methyl sites for hydroxylation is 1. The van der Waals surface area contributed by atoms with E-state index in [2.05, 4.69) is 39.6 Å². The van der Waals surface area contributed by atoms with Gasteiger partial charge in [0.25, 0.3) is 11.5 Å². The van der Waals surface area contributed by atoms with Gasteiger partial charge >= 0.3 is 0 Å². The van der Waals surface area contributed by atoms with Gasteiger partial charge in [0.1, 0.15) is 30.0 Å². The first-order valence-corrected chi connectivity index (χ1v) is 22.8. The number of benzene rings is 2. The molecule has 0 aliphatic rings. The van der Waals surface area contributed by atoms with Crippen LogP contribution in [0.1, 0.15) is 34.7 Å². The van der Waals surface area contributed by atoms with E-state index in [0.717, 1.165) is 17.9 Å². The highest BCUT2D eigenvalue weighted by Crippen LogP contribution is 2.37. The minimum atomic E-state index is -3.67. The fourth-order valence-corrected chi connectivity index (χ4v) is 7.44. The molecule has 1 atom stereocenters. The van der Waals surface area contributed by atoms with Crippen molar-refractivity contribution in [2.24, 2.45) is 0 Å². The molecule has 2 aromatic carbocycles. The van der Waals surface area contributed by atoms with Gasteiger partial charge in [0.15, 0.2) is 5.82 Å². The second-order valence-corrected chi connectivity index (χ2v) is 22.0. The number of nitrogens with zero attached hydrogens (tertiary/aromatic N) is 7. The Morgan fingerprint density at radius 3 is 2.47 bits per heavy atom. The van der Waals surface area contributed by atoms with E-state index in [1.165, 1.54) is 17.3 Å².